The van der Waals surface area contributed by atoms with Gasteiger partial charge in [-0.15, -0.1) is 0 Å². The SMILES string of the molecule is CN1CCC[C@@H]1CCNC(=O)c1ccc(-c2cc(-c3ccc(Cl)cc3Cl)[nH]n2)cc1. The number of H-pyrrole nitrogens is 1. The Balaban J connectivity index is 1.38. The minimum Gasteiger partial charge on any atom is -0.352 e. The third kappa shape index (κ3) is 4.69. The first-order valence-electron chi connectivity index (χ1n) is 10.1. The number of nitrogens with one attached hydrogen (secondary N) is 2. The molecule has 0 unspecified atom stereocenters. The van der Waals surface area contributed by atoms with Crippen molar-refractivity contribution in [3.8, 4) is 22.5 Å². The van der Waals surface area contributed by atoms with Crippen molar-refractivity contribution < 1.29 is 4.79 Å². The van der Waals surface area contributed by atoms with E-state index in [1.165, 1.54) is 12.8 Å². The highest BCUT2D eigenvalue weighted by molar-refractivity contribution is 6.36. The van der Waals surface area contributed by atoms with Gasteiger partial charge in [0.2, 0.25) is 0 Å². The molecule has 5 nitrogen and oxygen atoms in total. The van der Waals surface area contributed by atoms with Crippen LogP contribution in [0.25, 0.3) is 22.5 Å². The molecule has 0 bridgehead atoms. The average molecular weight is 443 g/mol. The van der Waals surface area contributed by atoms with E-state index >= 15 is 0 Å². The van der Waals surface area contributed by atoms with Crippen LogP contribution in [0.3, 0.4) is 0 Å². The molecule has 2 aromatic carbocycles. The lowest BCUT2D eigenvalue weighted by Gasteiger charge is -2.19. The van der Waals surface area contributed by atoms with Crippen LogP contribution in [0.4, 0.5) is 0 Å². The maximum Gasteiger partial charge on any atom is 0.251 e. The van der Waals surface area contributed by atoms with E-state index in [0.29, 0.717) is 28.2 Å². The molecule has 0 spiro atoms. The summed E-state index contributed by atoms with van der Waals surface area (Å²) in [4.78, 5) is 14.8. The van der Waals surface area contributed by atoms with Crippen LogP contribution in [-0.2, 0) is 0 Å². The molecule has 1 saturated heterocycles. The maximum atomic E-state index is 12.4. The predicted octanol–water partition coefficient (Wildman–Crippen LogP) is 5.26. The van der Waals surface area contributed by atoms with Crippen molar-refractivity contribution >= 4 is 29.1 Å². The van der Waals surface area contributed by atoms with Crippen molar-refractivity contribution in [1.29, 1.82) is 0 Å². The molecule has 2 N–H and O–H groups in total. The number of hydrogen-bond donors (Lipinski definition) is 2. The Morgan fingerprint density at radius 3 is 2.70 bits per heavy atom. The molecular formula is C23H24Cl2N4O. The standard InChI is InChI=1S/C23H24Cl2N4O/c1-29-12-2-3-18(29)10-11-26-23(30)16-6-4-15(5-7-16)21-14-22(28-27-21)19-9-8-17(24)13-20(19)25/h4-9,13-14,18H,2-3,10-12H2,1H3,(H,26,30)(H,27,28)/t18-/m1/s1. The molecule has 156 valence electrons. The van der Waals surface area contributed by atoms with Gasteiger partial charge in [-0.2, -0.15) is 5.10 Å². The molecule has 1 amide bonds. The van der Waals surface area contributed by atoms with Crippen molar-refractivity contribution in [2.24, 2.45) is 0 Å². The van der Waals surface area contributed by atoms with E-state index in [-0.39, 0.29) is 5.91 Å². The fraction of sp³-hybridized carbons (Fsp3) is 0.304. The number of aromatic amines is 1. The molecule has 1 aliphatic heterocycles. The van der Waals surface area contributed by atoms with E-state index in [2.05, 4.69) is 27.5 Å². The topological polar surface area (TPSA) is 61.0 Å². The van der Waals surface area contributed by atoms with Crippen LogP contribution >= 0.6 is 23.2 Å². The summed E-state index contributed by atoms with van der Waals surface area (Å²) in [7, 11) is 2.15. The van der Waals surface area contributed by atoms with E-state index < -0.39 is 0 Å². The van der Waals surface area contributed by atoms with Crippen LogP contribution in [0.2, 0.25) is 10.0 Å². The lowest BCUT2D eigenvalue weighted by atomic mass is 10.1. The van der Waals surface area contributed by atoms with Crippen LogP contribution in [0.15, 0.2) is 48.5 Å². The summed E-state index contributed by atoms with van der Waals surface area (Å²) in [5.41, 5.74) is 4.00. The average Bonchev–Trinajstić information content (AvgIpc) is 3.38. The number of nitrogens with zero attached hydrogens (tertiary/aromatic N) is 2. The fourth-order valence-electron chi connectivity index (χ4n) is 3.91. The van der Waals surface area contributed by atoms with Gasteiger partial charge in [-0.05, 0) is 69.3 Å². The van der Waals surface area contributed by atoms with Crippen LogP contribution in [-0.4, -0.2) is 47.2 Å². The van der Waals surface area contributed by atoms with Crippen molar-refractivity contribution in [3.05, 3.63) is 64.1 Å². The van der Waals surface area contributed by atoms with Crippen LogP contribution in [0, 0.1) is 0 Å². The van der Waals surface area contributed by atoms with E-state index in [1.807, 2.05) is 36.4 Å². The highest BCUT2D eigenvalue weighted by Crippen LogP contribution is 2.31. The van der Waals surface area contributed by atoms with E-state index in [4.69, 9.17) is 23.2 Å². The van der Waals surface area contributed by atoms with Gasteiger partial charge in [-0.25, -0.2) is 0 Å². The first-order chi connectivity index (χ1) is 14.5. The van der Waals surface area contributed by atoms with Crippen molar-refractivity contribution in [2.75, 3.05) is 20.1 Å². The zero-order valence-corrected chi connectivity index (χ0v) is 18.3. The van der Waals surface area contributed by atoms with Crippen LogP contribution in [0.5, 0.6) is 0 Å². The van der Waals surface area contributed by atoms with Crippen molar-refractivity contribution in [2.45, 2.75) is 25.3 Å². The summed E-state index contributed by atoms with van der Waals surface area (Å²) >= 11 is 12.3. The second-order valence-corrected chi connectivity index (χ2v) is 8.53. The lowest BCUT2D eigenvalue weighted by molar-refractivity contribution is 0.0950. The molecule has 1 aliphatic rings. The highest BCUT2D eigenvalue weighted by atomic mass is 35.5. The molecule has 3 aromatic rings. The number of benzene rings is 2. The summed E-state index contributed by atoms with van der Waals surface area (Å²) in [6, 6.07) is 15.3. The molecule has 1 aromatic heterocycles. The lowest BCUT2D eigenvalue weighted by Crippen LogP contribution is -2.31. The third-order valence-electron chi connectivity index (χ3n) is 5.68. The monoisotopic (exact) mass is 442 g/mol. The molecule has 1 fully saturated rings. The number of amides is 1. The summed E-state index contributed by atoms with van der Waals surface area (Å²) < 4.78 is 0. The first kappa shape index (κ1) is 20.9. The second-order valence-electron chi connectivity index (χ2n) is 7.69. The molecule has 2 heterocycles. The smallest absolute Gasteiger partial charge is 0.251 e. The number of halogens is 2. The van der Waals surface area contributed by atoms with E-state index in [9.17, 15) is 4.79 Å². The Hall–Kier alpha value is -2.34. The van der Waals surface area contributed by atoms with E-state index in [1.54, 1.807) is 12.1 Å². The molecule has 1 atom stereocenters. The zero-order chi connectivity index (χ0) is 21.1. The number of rotatable bonds is 6. The Morgan fingerprint density at radius 2 is 2.00 bits per heavy atom. The largest absolute Gasteiger partial charge is 0.352 e. The van der Waals surface area contributed by atoms with Crippen LogP contribution in [0.1, 0.15) is 29.6 Å². The number of likely N-dealkylation sites (tertiary alicyclic amines) is 1. The maximum absolute atomic E-state index is 12.4. The number of carbonyl (C=O) groups is 1. The van der Waals surface area contributed by atoms with Gasteiger partial charge in [0.05, 0.1) is 16.4 Å². The molecular weight excluding hydrogens is 419 g/mol. The van der Waals surface area contributed by atoms with E-state index in [0.717, 1.165) is 35.5 Å². The zero-order valence-electron chi connectivity index (χ0n) is 16.8. The van der Waals surface area contributed by atoms with Gasteiger partial charge in [-0.1, -0.05) is 35.3 Å². The van der Waals surface area contributed by atoms with Gasteiger partial charge in [0.1, 0.15) is 0 Å². The minimum atomic E-state index is -0.0436. The van der Waals surface area contributed by atoms with Crippen molar-refractivity contribution in [1.82, 2.24) is 20.4 Å². The molecule has 0 aliphatic carbocycles. The summed E-state index contributed by atoms with van der Waals surface area (Å²) in [6.07, 6.45) is 3.45. The van der Waals surface area contributed by atoms with Gasteiger partial charge < -0.3 is 10.2 Å². The van der Waals surface area contributed by atoms with Gasteiger partial charge in [0, 0.05) is 34.3 Å². The Morgan fingerprint density at radius 1 is 1.20 bits per heavy atom. The summed E-state index contributed by atoms with van der Waals surface area (Å²) in [5.74, 6) is -0.0436. The molecule has 4 rings (SSSR count). The number of hydrogen-bond acceptors (Lipinski definition) is 3. The van der Waals surface area contributed by atoms with Gasteiger partial charge in [-0.3, -0.25) is 9.89 Å². The summed E-state index contributed by atoms with van der Waals surface area (Å²) in [6.45, 7) is 1.85. The molecule has 0 radical (unpaired) electrons. The number of aromatic nitrogens is 2. The fourth-order valence-corrected chi connectivity index (χ4v) is 4.42. The Bertz CT molecular complexity index is 1030. The van der Waals surface area contributed by atoms with Gasteiger partial charge in [0.25, 0.3) is 5.91 Å². The van der Waals surface area contributed by atoms with Crippen LogP contribution < -0.4 is 5.32 Å². The normalized spacial score (nSPS) is 16.7. The molecule has 7 heteroatoms. The van der Waals surface area contributed by atoms with Gasteiger partial charge in [0.15, 0.2) is 0 Å². The second kappa shape index (κ2) is 9.21. The first-order valence-corrected chi connectivity index (χ1v) is 10.9. The Kier molecular flexibility index (Phi) is 6.42. The molecule has 0 saturated carbocycles. The molecule has 30 heavy (non-hydrogen) atoms. The van der Waals surface area contributed by atoms with Crippen molar-refractivity contribution in [3.63, 3.8) is 0 Å². The number of carbonyl (C=O) groups excluding carboxylic acids is 1. The highest BCUT2D eigenvalue weighted by Gasteiger charge is 2.20. The minimum absolute atomic E-state index is 0.0436. The van der Waals surface area contributed by atoms with Gasteiger partial charge >= 0.3 is 0 Å². The predicted molar refractivity (Wildman–Crippen MR) is 122 cm³/mol. The quantitative estimate of drug-likeness (QED) is 0.546. The Labute approximate surface area is 186 Å². The third-order valence-corrected chi connectivity index (χ3v) is 6.22. The summed E-state index contributed by atoms with van der Waals surface area (Å²) in [5, 5.41) is 11.6.